The van der Waals surface area contributed by atoms with Gasteiger partial charge in [0.05, 0.1) is 5.25 Å². The molecule has 0 unspecified atom stereocenters. The van der Waals surface area contributed by atoms with Gasteiger partial charge in [-0.2, -0.15) is 4.73 Å². The van der Waals surface area contributed by atoms with E-state index in [1.807, 2.05) is 31.2 Å². The normalized spacial score (nSPS) is 11.9. The minimum Gasteiger partial charge on any atom is -0.618 e. The molecule has 0 saturated heterocycles. The van der Waals surface area contributed by atoms with Crippen LogP contribution in [0.3, 0.4) is 0 Å². The van der Waals surface area contributed by atoms with Gasteiger partial charge in [-0.3, -0.25) is 4.79 Å². The lowest BCUT2D eigenvalue weighted by Crippen LogP contribution is -2.33. The summed E-state index contributed by atoms with van der Waals surface area (Å²) < 4.78 is 0.772. The van der Waals surface area contributed by atoms with Crippen LogP contribution < -0.4 is 10.0 Å². The standard InChI is InChI=1S/C16H18N2O2S/c1-12-6-8-14(9-7-12)11-17-16(19)13(2)21-15-5-3-4-10-18(15)20/h3-10,13H,11H2,1-2H3,(H,17,19)/t13-/m1/s1. The van der Waals surface area contributed by atoms with Gasteiger partial charge in [0, 0.05) is 18.7 Å². The van der Waals surface area contributed by atoms with Gasteiger partial charge in [0.1, 0.15) is 0 Å². The number of amides is 1. The first-order chi connectivity index (χ1) is 10.1. The number of thioether (sulfide) groups is 1. The summed E-state index contributed by atoms with van der Waals surface area (Å²) in [6.45, 7) is 4.32. The summed E-state index contributed by atoms with van der Waals surface area (Å²) in [6.07, 6.45) is 1.43. The van der Waals surface area contributed by atoms with Crippen LogP contribution in [0.5, 0.6) is 0 Å². The number of pyridine rings is 1. The number of hydrogen-bond acceptors (Lipinski definition) is 3. The van der Waals surface area contributed by atoms with Gasteiger partial charge in [-0.1, -0.05) is 29.8 Å². The highest BCUT2D eigenvalue weighted by Crippen LogP contribution is 2.19. The van der Waals surface area contributed by atoms with Gasteiger partial charge < -0.3 is 10.5 Å². The van der Waals surface area contributed by atoms with Crippen molar-refractivity contribution in [2.45, 2.75) is 30.7 Å². The average Bonchev–Trinajstić information content (AvgIpc) is 2.48. The number of rotatable bonds is 5. The van der Waals surface area contributed by atoms with E-state index in [-0.39, 0.29) is 11.2 Å². The van der Waals surface area contributed by atoms with E-state index in [2.05, 4.69) is 5.32 Å². The maximum absolute atomic E-state index is 12.1. The van der Waals surface area contributed by atoms with Crippen LogP contribution in [-0.4, -0.2) is 11.2 Å². The molecule has 0 aliphatic heterocycles. The average molecular weight is 302 g/mol. The number of benzene rings is 1. The summed E-state index contributed by atoms with van der Waals surface area (Å²) in [4.78, 5) is 12.1. The molecular weight excluding hydrogens is 284 g/mol. The number of nitrogens with one attached hydrogen (secondary N) is 1. The van der Waals surface area contributed by atoms with Gasteiger partial charge in [0.2, 0.25) is 5.91 Å². The second-order valence-electron chi connectivity index (χ2n) is 4.83. The SMILES string of the molecule is Cc1ccc(CNC(=O)[C@@H](C)Sc2cccc[n+]2[O-])cc1. The monoisotopic (exact) mass is 302 g/mol. The fraction of sp³-hybridized carbons (Fsp3) is 0.250. The Balaban J connectivity index is 1.88. The summed E-state index contributed by atoms with van der Waals surface area (Å²) in [5.41, 5.74) is 2.25. The molecule has 1 aromatic heterocycles. The zero-order valence-corrected chi connectivity index (χ0v) is 12.9. The number of hydrogen-bond donors (Lipinski definition) is 1. The fourth-order valence-electron chi connectivity index (χ4n) is 1.78. The fourth-order valence-corrected chi connectivity index (χ4v) is 2.65. The van der Waals surface area contributed by atoms with Crippen LogP contribution in [0.1, 0.15) is 18.1 Å². The van der Waals surface area contributed by atoms with Crippen LogP contribution in [0.2, 0.25) is 0 Å². The summed E-state index contributed by atoms with van der Waals surface area (Å²) in [6, 6.07) is 13.2. The van der Waals surface area contributed by atoms with E-state index in [1.54, 1.807) is 25.1 Å². The van der Waals surface area contributed by atoms with Crippen molar-refractivity contribution in [2.75, 3.05) is 0 Å². The molecule has 2 aromatic rings. The molecule has 2 rings (SSSR count). The predicted molar refractivity (Wildman–Crippen MR) is 83.7 cm³/mol. The first-order valence-corrected chi connectivity index (χ1v) is 7.62. The molecule has 0 spiro atoms. The highest BCUT2D eigenvalue weighted by molar-refractivity contribution is 8.00. The molecule has 0 fully saturated rings. The minimum atomic E-state index is -0.321. The van der Waals surface area contributed by atoms with Gasteiger partial charge in [-0.05, 0) is 37.2 Å². The van der Waals surface area contributed by atoms with Crippen LogP contribution in [-0.2, 0) is 11.3 Å². The van der Waals surface area contributed by atoms with E-state index in [1.165, 1.54) is 23.5 Å². The van der Waals surface area contributed by atoms with Gasteiger partial charge in [-0.25, -0.2) is 0 Å². The van der Waals surface area contributed by atoms with E-state index in [0.29, 0.717) is 11.6 Å². The lowest BCUT2D eigenvalue weighted by atomic mass is 10.1. The Hall–Kier alpha value is -2.01. The number of aromatic nitrogens is 1. The maximum Gasteiger partial charge on any atom is 0.252 e. The molecule has 0 aliphatic rings. The molecule has 110 valence electrons. The van der Waals surface area contributed by atoms with Gasteiger partial charge >= 0.3 is 0 Å². The smallest absolute Gasteiger partial charge is 0.252 e. The number of aryl methyl sites for hydroxylation is 1. The molecule has 1 amide bonds. The molecule has 21 heavy (non-hydrogen) atoms. The second-order valence-corrected chi connectivity index (χ2v) is 6.19. The summed E-state index contributed by atoms with van der Waals surface area (Å²) in [5.74, 6) is -0.0792. The van der Waals surface area contributed by atoms with Crippen molar-refractivity contribution in [3.8, 4) is 0 Å². The van der Waals surface area contributed by atoms with Crippen LogP contribution >= 0.6 is 11.8 Å². The third-order valence-corrected chi connectivity index (χ3v) is 4.17. The number of carbonyl (C=O) groups is 1. The predicted octanol–water partition coefficient (Wildman–Crippen LogP) is 2.43. The Labute approximate surface area is 128 Å². The molecular formula is C16H18N2O2S. The van der Waals surface area contributed by atoms with Crippen molar-refractivity contribution in [3.05, 3.63) is 65.0 Å². The highest BCUT2D eigenvalue weighted by Gasteiger charge is 2.18. The van der Waals surface area contributed by atoms with Crippen molar-refractivity contribution in [1.82, 2.24) is 5.32 Å². The first kappa shape index (κ1) is 15.4. The zero-order valence-electron chi connectivity index (χ0n) is 12.1. The van der Waals surface area contributed by atoms with Crippen molar-refractivity contribution in [3.63, 3.8) is 0 Å². The molecule has 0 aliphatic carbocycles. The Kier molecular flexibility index (Phi) is 5.22. The van der Waals surface area contributed by atoms with E-state index >= 15 is 0 Å². The van der Waals surface area contributed by atoms with Crippen molar-refractivity contribution < 1.29 is 9.52 Å². The Bertz CT molecular complexity index is 614. The molecule has 1 N–H and O–H groups in total. The third-order valence-electron chi connectivity index (χ3n) is 3.04. The van der Waals surface area contributed by atoms with Crippen molar-refractivity contribution in [1.29, 1.82) is 0 Å². The van der Waals surface area contributed by atoms with Crippen LogP contribution in [0, 0.1) is 12.1 Å². The summed E-state index contributed by atoms with van der Waals surface area (Å²) >= 11 is 1.25. The molecule has 4 nitrogen and oxygen atoms in total. The maximum atomic E-state index is 12.1. The minimum absolute atomic E-state index is 0.0792. The lowest BCUT2D eigenvalue weighted by molar-refractivity contribution is -0.645. The number of nitrogens with zero attached hydrogens (tertiary/aromatic N) is 1. The molecule has 0 radical (unpaired) electrons. The van der Waals surface area contributed by atoms with Gasteiger partial charge in [0.15, 0.2) is 6.20 Å². The van der Waals surface area contributed by atoms with Gasteiger partial charge in [-0.15, -0.1) is 0 Å². The van der Waals surface area contributed by atoms with E-state index < -0.39 is 0 Å². The third kappa shape index (κ3) is 4.49. The molecule has 1 aromatic carbocycles. The molecule has 5 heteroatoms. The topological polar surface area (TPSA) is 56.0 Å². The second kappa shape index (κ2) is 7.13. The number of carbonyl (C=O) groups excluding carboxylic acids is 1. The molecule has 0 saturated carbocycles. The van der Waals surface area contributed by atoms with E-state index in [4.69, 9.17) is 0 Å². The highest BCUT2D eigenvalue weighted by atomic mass is 32.2. The Morgan fingerprint density at radius 2 is 2.00 bits per heavy atom. The zero-order chi connectivity index (χ0) is 15.2. The van der Waals surface area contributed by atoms with Crippen LogP contribution in [0.15, 0.2) is 53.7 Å². The van der Waals surface area contributed by atoms with Gasteiger partial charge in [0.25, 0.3) is 5.03 Å². The Morgan fingerprint density at radius 3 is 2.67 bits per heavy atom. The van der Waals surface area contributed by atoms with Crippen LogP contribution in [0.4, 0.5) is 0 Å². The quantitative estimate of drug-likeness (QED) is 0.524. The van der Waals surface area contributed by atoms with Crippen molar-refractivity contribution >= 4 is 17.7 Å². The lowest BCUT2D eigenvalue weighted by Gasteiger charge is -2.11. The molecule has 1 heterocycles. The van der Waals surface area contributed by atoms with Crippen LogP contribution in [0.25, 0.3) is 0 Å². The van der Waals surface area contributed by atoms with E-state index in [0.717, 1.165) is 10.3 Å². The van der Waals surface area contributed by atoms with Crippen molar-refractivity contribution in [2.24, 2.45) is 0 Å². The summed E-state index contributed by atoms with van der Waals surface area (Å²) in [7, 11) is 0. The molecule has 0 bridgehead atoms. The van der Waals surface area contributed by atoms with E-state index in [9.17, 15) is 10.0 Å². The largest absolute Gasteiger partial charge is 0.618 e. The summed E-state index contributed by atoms with van der Waals surface area (Å²) in [5, 5.41) is 14.6. The Morgan fingerprint density at radius 1 is 1.29 bits per heavy atom. The molecule has 1 atom stereocenters. The first-order valence-electron chi connectivity index (χ1n) is 6.74.